The highest BCUT2D eigenvalue weighted by molar-refractivity contribution is 5.97. The lowest BCUT2D eigenvalue weighted by Crippen LogP contribution is -2.38. The maximum absolute atomic E-state index is 12.5. The molecule has 0 aliphatic carbocycles. The van der Waals surface area contributed by atoms with E-state index < -0.39 is 5.91 Å². The van der Waals surface area contributed by atoms with Gasteiger partial charge in [0.25, 0.3) is 5.91 Å². The highest BCUT2D eigenvalue weighted by Crippen LogP contribution is 2.24. The third kappa shape index (κ3) is 5.80. The number of benzene rings is 2. The van der Waals surface area contributed by atoms with Crippen LogP contribution in [0.25, 0.3) is 0 Å². The van der Waals surface area contributed by atoms with Gasteiger partial charge in [-0.05, 0) is 49.9 Å². The van der Waals surface area contributed by atoms with E-state index in [1.165, 1.54) is 12.6 Å². The van der Waals surface area contributed by atoms with E-state index >= 15 is 0 Å². The molecule has 3 amide bonds. The van der Waals surface area contributed by atoms with Gasteiger partial charge in [-0.25, -0.2) is 9.78 Å². The molecule has 0 bridgehead atoms. The molecule has 4 rings (SSSR count). The van der Waals surface area contributed by atoms with Crippen LogP contribution in [0, 0.1) is 0 Å². The molecule has 1 aliphatic heterocycles. The molecule has 9 nitrogen and oxygen atoms in total. The summed E-state index contributed by atoms with van der Waals surface area (Å²) < 4.78 is 0. The molecular weight excluding hydrogens is 430 g/mol. The number of likely N-dealkylation sites (tertiary alicyclic amines) is 1. The molecular formula is C25H29N7O2. The smallest absolute Gasteiger partial charge is 0.321 e. The Balaban J connectivity index is 1.49. The van der Waals surface area contributed by atoms with Gasteiger partial charge in [-0.15, -0.1) is 0 Å². The Morgan fingerprint density at radius 2 is 1.74 bits per heavy atom. The van der Waals surface area contributed by atoms with Crippen molar-refractivity contribution in [3.8, 4) is 0 Å². The van der Waals surface area contributed by atoms with Crippen molar-refractivity contribution in [3.05, 3.63) is 71.9 Å². The van der Waals surface area contributed by atoms with Gasteiger partial charge in [0, 0.05) is 36.7 Å². The van der Waals surface area contributed by atoms with Crippen molar-refractivity contribution < 1.29 is 9.59 Å². The average Bonchev–Trinajstić information content (AvgIpc) is 2.85. The van der Waals surface area contributed by atoms with Crippen LogP contribution in [-0.4, -0.2) is 39.9 Å². The van der Waals surface area contributed by atoms with E-state index in [9.17, 15) is 9.59 Å². The number of anilines is 4. The molecule has 34 heavy (non-hydrogen) atoms. The zero-order chi connectivity index (χ0) is 23.9. The highest BCUT2D eigenvalue weighted by atomic mass is 16.2. The Labute approximate surface area is 198 Å². The predicted octanol–water partition coefficient (Wildman–Crippen LogP) is 4.51. The molecule has 1 unspecified atom stereocenters. The van der Waals surface area contributed by atoms with E-state index in [0.29, 0.717) is 23.1 Å². The maximum Gasteiger partial charge on any atom is 0.321 e. The maximum atomic E-state index is 12.5. The molecule has 3 aromatic rings. The molecule has 2 heterocycles. The zero-order valence-electron chi connectivity index (χ0n) is 19.1. The number of aromatic nitrogens is 2. The molecule has 1 aliphatic rings. The van der Waals surface area contributed by atoms with Crippen molar-refractivity contribution in [1.29, 1.82) is 0 Å². The number of urea groups is 1. The van der Waals surface area contributed by atoms with Gasteiger partial charge in [0.2, 0.25) is 5.95 Å². The van der Waals surface area contributed by atoms with Gasteiger partial charge in [0.1, 0.15) is 5.82 Å². The molecule has 1 atom stereocenters. The number of hydrogen-bond acceptors (Lipinski definition) is 6. The number of carbonyl (C=O) groups excluding carboxylic acids is 2. The minimum Gasteiger partial charge on any atom is -0.365 e. The van der Waals surface area contributed by atoms with Gasteiger partial charge in [0.05, 0.1) is 5.56 Å². The van der Waals surface area contributed by atoms with Crippen molar-refractivity contribution in [3.63, 3.8) is 0 Å². The largest absolute Gasteiger partial charge is 0.365 e. The van der Waals surface area contributed by atoms with Crippen molar-refractivity contribution >= 4 is 35.1 Å². The van der Waals surface area contributed by atoms with Crippen LogP contribution < -0.4 is 21.7 Å². The van der Waals surface area contributed by atoms with Gasteiger partial charge in [0.15, 0.2) is 0 Å². The highest BCUT2D eigenvalue weighted by Gasteiger charge is 2.17. The summed E-state index contributed by atoms with van der Waals surface area (Å²) in [6.45, 7) is 3.53. The summed E-state index contributed by atoms with van der Waals surface area (Å²) in [5.74, 6) is 0.0277. The molecule has 1 saturated heterocycles. The van der Waals surface area contributed by atoms with E-state index in [1.54, 1.807) is 0 Å². The Morgan fingerprint density at radius 1 is 1.00 bits per heavy atom. The summed E-state index contributed by atoms with van der Waals surface area (Å²) >= 11 is 0. The van der Waals surface area contributed by atoms with Crippen LogP contribution >= 0.6 is 0 Å². The summed E-state index contributed by atoms with van der Waals surface area (Å²) in [4.78, 5) is 35.0. The number of hydrogen-bond donors (Lipinski definition) is 4. The van der Waals surface area contributed by atoms with Crippen LogP contribution in [0.5, 0.6) is 0 Å². The molecule has 0 spiro atoms. The number of carbonyl (C=O) groups is 2. The number of nitrogens with one attached hydrogen (secondary N) is 3. The minimum absolute atomic E-state index is 0.0969. The molecule has 176 valence electrons. The Bertz CT molecular complexity index is 1150. The molecule has 9 heteroatoms. The third-order valence-corrected chi connectivity index (χ3v) is 5.72. The number of piperidine rings is 1. The fraction of sp³-hybridized carbons (Fsp3) is 0.280. The second kappa shape index (κ2) is 10.7. The number of rotatable bonds is 7. The van der Waals surface area contributed by atoms with E-state index in [1.807, 2.05) is 66.4 Å². The standard InChI is InChI=1S/C25H29N7O2/c1-17(18-9-4-2-5-10-18)28-23-21(22(26)33)16-27-24(31-23)29-19-11-8-12-20(15-19)30-25(34)32-13-6-3-7-14-32/h2,4-5,8-12,15-17H,3,6-7,13-14H2,1H3,(H2,26,33)(H,30,34)(H2,27,28,29,31). The SMILES string of the molecule is CC(Nc1nc(Nc2cccc(NC(=O)N3CCCCC3)c2)ncc1C(N)=O)c1ccccc1. The summed E-state index contributed by atoms with van der Waals surface area (Å²) in [5, 5.41) is 9.34. The monoisotopic (exact) mass is 459 g/mol. The molecule has 5 N–H and O–H groups in total. The van der Waals surface area contributed by atoms with Gasteiger partial charge in [-0.1, -0.05) is 36.4 Å². The van der Waals surface area contributed by atoms with Gasteiger partial charge in [-0.3, -0.25) is 4.79 Å². The van der Waals surface area contributed by atoms with Crippen molar-refractivity contribution in [2.75, 3.05) is 29.0 Å². The topological polar surface area (TPSA) is 125 Å². The van der Waals surface area contributed by atoms with E-state index in [2.05, 4.69) is 25.9 Å². The van der Waals surface area contributed by atoms with E-state index in [-0.39, 0.29) is 17.6 Å². The van der Waals surface area contributed by atoms with Gasteiger partial charge < -0.3 is 26.6 Å². The second-order valence-electron chi connectivity index (χ2n) is 8.28. The number of amides is 3. The third-order valence-electron chi connectivity index (χ3n) is 5.72. The first-order valence-electron chi connectivity index (χ1n) is 11.4. The predicted molar refractivity (Wildman–Crippen MR) is 133 cm³/mol. The van der Waals surface area contributed by atoms with Gasteiger partial charge >= 0.3 is 6.03 Å². The van der Waals surface area contributed by atoms with Crippen molar-refractivity contribution in [2.24, 2.45) is 5.73 Å². The fourth-order valence-corrected chi connectivity index (χ4v) is 3.87. The lowest BCUT2D eigenvalue weighted by Gasteiger charge is -2.26. The summed E-state index contributed by atoms with van der Waals surface area (Å²) in [5.41, 5.74) is 8.16. The van der Waals surface area contributed by atoms with Crippen molar-refractivity contribution in [2.45, 2.75) is 32.2 Å². The molecule has 2 aromatic carbocycles. The average molecular weight is 460 g/mol. The normalized spacial score (nSPS) is 14.2. The summed E-state index contributed by atoms with van der Waals surface area (Å²) in [6.07, 6.45) is 4.64. The summed E-state index contributed by atoms with van der Waals surface area (Å²) in [6, 6.07) is 17.0. The van der Waals surface area contributed by atoms with Crippen LogP contribution in [0.4, 0.5) is 27.9 Å². The van der Waals surface area contributed by atoms with Crippen LogP contribution in [0.2, 0.25) is 0 Å². The fourth-order valence-electron chi connectivity index (χ4n) is 3.87. The van der Waals surface area contributed by atoms with Crippen molar-refractivity contribution in [1.82, 2.24) is 14.9 Å². The van der Waals surface area contributed by atoms with Crippen LogP contribution in [0.15, 0.2) is 60.8 Å². The lowest BCUT2D eigenvalue weighted by atomic mass is 10.1. The first-order chi connectivity index (χ1) is 16.5. The molecule has 0 saturated carbocycles. The molecule has 1 fully saturated rings. The first-order valence-corrected chi connectivity index (χ1v) is 11.4. The Kier molecular flexibility index (Phi) is 7.22. The van der Waals surface area contributed by atoms with Crippen LogP contribution in [0.3, 0.4) is 0 Å². The number of nitrogens with two attached hydrogens (primary N) is 1. The van der Waals surface area contributed by atoms with E-state index in [4.69, 9.17) is 5.73 Å². The van der Waals surface area contributed by atoms with E-state index in [0.717, 1.165) is 31.5 Å². The summed E-state index contributed by atoms with van der Waals surface area (Å²) in [7, 11) is 0. The number of primary amides is 1. The number of nitrogens with zero attached hydrogens (tertiary/aromatic N) is 3. The first kappa shape index (κ1) is 23.0. The Hall–Kier alpha value is -4.14. The minimum atomic E-state index is -0.614. The van der Waals surface area contributed by atoms with Crippen LogP contribution in [0.1, 0.15) is 48.1 Å². The Morgan fingerprint density at radius 3 is 2.47 bits per heavy atom. The lowest BCUT2D eigenvalue weighted by molar-refractivity contribution is 0.100. The molecule has 0 radical (unpaired) electrons. The van der Waals surface area contributed by atoms with Crippen LogP contribution in [-0.2, 0) is 0 Å². The quantitative estimate of drug-likeness (QED) is 0.412. The zero-order valence-corrected chi connectivity index (χ0v) is 19.1. The molecule has 1 aromatic heterocycles. The van der Waals surface area contributed by atoms with Gasteiger partial charge in [-0.2, -0.15) is 4.98 Å². The second-order valence-corrected chi connectivity index (χ2v) is 8.28.